The summed E-state index contributed by atoms with van der Waals surface area (Å²) in [6.45, 7) is 3.07. The fourth-order valence-electron chi connectivity index (χ4n) is 2.35. The Bertz CT molecular complexity index is 401. The van der Waals surface area contributed by atoms with E-state index in [2.05, 4.69) is 12.2 Å². The van der Waals surface area contributed by atoms with Gasteiger partial charge in [0.1, 0.15) is 0 Å². The average molecular weight is 219 g/mol. The van der Waals surface area contributed by atoms with E-state index in [1.807, 2.05) is 12.1 Å². The van der Waals surface area contributed by atoms with E-state index in [1.54, 1.807) is 6.07 Å². The lowest BCUT2D eigenvalue weighted by atomic mass is 9.87. The van der Waals surface area contributed by atoms with Crippen LogP contribution in [0.15, 0.2) is 18.2 Å². The van der Waals surface area contributed by atoms with Crippen molar-refractivity contribution in [1.82, 2.24) is 5.32 Å². The zero-order valence-corrected chi connectivity index (χ0v) is 9.49. The van der Waals surface area contributed by atoms with Gasteiger partial charge in [-0.1, -0.05) is 13.0 Å². The first-order chi connectivity index (χ1) is 7.70. The molecule has 3 nitrogen and oxygen atoms in total. The predicted molar refractivity (Wildman–Crippen MR) is 62.9 cm³/mol. The number of fused-ring (bicyclic) bond motifs is 1. The summed E-state index contributed by atoms with van der Waals surface area (Å²) < 4.78 is 0. The molecule has 0 heterocycles. The Morgan fingerprint density at radius 1 is 1.50 bits per heavy atom. The standard InChI is InChI=1S/C13H17NO2/c1-2-14-12-6-5-9-3-4-10(13(15)16)7-11(9)8-12/h3-4,7,12,14H,2,5-6,8H2,1H3,(H,15,16). The van der Waals surface area contributed by atoms with E-state index in [1.165, 1.54) is 11.1 Å². The number of aryl methyl sites for hydroxylation is 1. The number of benzene rings is 1. The molecular weight excluding hydrogens is 202 g/mol. The summed E-state index contributed by atoms with van der Waals surface area (Å²) in [4.78, 5) is 10.9. The topological polar surface area (TPSA) is 49.3 Å². The molecule has 0 fully saturated rings. The Hall–Kier alpha value is -1.35. The van der Waals surface area contributed by atoms with Gasteiger partial charge in [-0.2, -0.15) is 0 Å². The fraction of sp³-hybridized carbons (Fsp3) is 0.462. The summed E-state index contributed by atoms with van der Waals surface area (Å²) in [6.07, 6.45) is 3.14. The molecule has 1 aromatic carbocycles. The molecule has 1 aliphatic rings. The molecule has 1 aliphatic carbocycles. The SMILES string of the molecule is CCNC1CCc2ccc(C(=O)O)cc2C1. The minimum Gasteiger partial charge on any atom is -0.478 e. The number of hydrogen-bond acceptors (Lipinski definition) is 2. The second kappa shape index (κ2) is 4.66. The maximum absolute atomic E-state index is 10.9. The molecule has 0 amide bonds. The molecule has 2 N–H and O–H groups in total. The quantitative estimate of drug-likeness (QED) is 0.815. The molecule has 2 rings (SSSR count). The van der Waals surface area contributed by atoms with Gasteiger partial charge in [-0.05, 0) is 49.1 Å². The van der Waals surface area contributed by atoms with Gasteiger partial charge in [-0.3, -0.25) is 0 Å². The van der Waals surface area contributed by atoms with Crippen LogP contribution in [-0.4, -0.2) is 23.7 Å². The first kappa shape index (κ1) is 11.1. The van der Waals surface area contributed by atoms with Crippen LogP contribution in [0.1, 0.15) is 34.8 Å². The van der Waals surface area contributed by atoms with Crippen LogP contribution in [0.2, 0.25) is 0 Å². The maximum Gasteiger partial charge on any atom is 0.335 e. The van der Waals surface area contributed by atoms with Crippen LogP contribution in [0.4, 0.5) is 0 Å². The van der Waals surface area contributed by atoms with Crippen LogP contribution in [0.3, 0.4) is 0 Å². The van der Waals surface area contributed by atoms with Crippen molar-refractivity contribution in [2.24, 2.45) is 0 Å². The molecule has 0 spiro atoms. The van der Waals surface area contributed by atoms with Crippen molar-refractivity contribution >= 4 is 5.97 Å². The Balaban J connectivity index is 2.21. The fourth-order valence-corrected chi connectivity index (χ4v) is 2.35. The highest BCUT2D eigenvalue weighted by molar-refractivity contribution is 5.87. The molecule has 0 aliphatic heterocycles. The number of carboxylic acids is 1. The number of hydrogen-bond donors (Lipinski definition) is 2. The van der Waals surface area contributed by atoms with E-state index >= 15 is 0 Å². The maximum atomic E-state index is 10.9. The van der Waals surface area contributed by atoms with Gasteiger partial charge in [0.2, 0.25) is 0 Å². The lowest BCUT2D eigenvalue weighted by molar-refractivity contribution is 0.0696. The molecule has 0 aromatic heterocycles. The van der Waals surface area contributed by atoms with Gasteiger partial charge in [0.15, 0.2) is 0 Å². The largest absolute Gasteiger partial charge is 0.478 e. The van der Waals surface area contributed by atoms with Crippen LogP contribution < -0.4 is 5.32 Å². The van der Waals surface area contributed by atoms with Gasteiger partial charge in [0.05, 0.1) is 5.56 Å². The van der Waals surface area contributed by atoms with E-state index < -0.39 is 5.97 Å². The molecule has 0 radical (unpaired) electrons. The molecule has 0 saturated carbocycles. The molecule has 86 valence electrons. The summed E-state index contributed by atoms with van der Waals surface area (Å²) in [5, 5.41) is 12.4. The number of rotatable bonds is 3. The number of aromatic carboxylic acids is 1. The van der Waals surface area contributed by atoms with Crippen LogP contribution in [0, 0.1) is 0 Å². The van der Waals surface area contributed by atoms with Crippen molar-refractivity contribution in [2.45, 2.75) is 32.2 Å². The van der Waals surface area contributed by atoms with Crippen molar-refractivity contribution in [2.75, 3.05) is 6.54 Å². The summed E-state index contributed by atoms with van der Waals surface area (Å²) in [6, 6.07) is 5.98. The predicted octanol–water partition coefficient (Wildman–Crippen LogP) is 1.85. The highest BCUT2D eigenvalue weighted by Crippen LogP contribution is 2.22. The van der Waals surface area contributed by atoms with E-state index in [9.17, 15) is 4.79 Å². The Morgan fingerprint density at radius 2 is 2.31 bits per heavy atom. The Morgan fingerprint density at radius 3 is 3.00 bits per heavy atom. The van der Waals surface area contributed by atoms with Gasteiger partial charge >= 0.3 is 5.97 Å². The summed E-state index contributed by atoms with van der Waals surface area (Å²) in [7, 11) is 0. The summed E-state index contributed by atoms with van der Waals surface area (Å²) in [5.74, 6) is -0.839. The van der Waals surface area contributed by atoms with Gasteiger partial charge < -0.3 is 10.4 Å². The van der Waals surface area contributed by atoms with Crippen LogP contribution in [-0.2, 0) is 12.8 Å². The Labute approximate surface area is 95.5 Å². The monoisotopic (exact) mass is 219 g/mol. The zero-order chi connectivity index (χ0) is 11.5. The first-order valence-corrected chi connectivity index (χ1v) is 5.79. The highest BCUT2D eigenvalue weighted by atomic mass is 16.4. The minimum absolute atomic E-state index is 0.399. The molecule has 16 heavy (non-hydrogen) atoms. The number of likely N-dealkylation sites (N-methyl/N-ethyl adjacent to an activating group) is 1. The number of nitrogens with one attached hydrogen (secondary N) is 1. The summed E-state index contributed by atoms with van der Waals surface area (Å²) in [5.41, 5.74) is 2.90. The molecule has 1 unspecified atom stereocenters. The van der Waals surface area contributed by atoms with Crippen molar-refractivity contribution in [1.29, 1.82) is 0 Å². The van der Waals surface area contributed by atoms with Gasteiger partial charge in [0.25, 0.3) is 0 Å². The van der Waals surface area contributed by atoms with E-state index in [0.717, 1.165) is 25.8 Å². The molecule has 0 bridgehead atoms. The third kappa shape index (κ3) is 2.25. The van der Waals surface area contributed by atoms with Crippen molar-refractivity contribution in [3.63, 3.8) is 0 Å². The molecule has 1 aromatic rings. The first-order valence-electron chi connectivity index (χ1n) is 5.79. The molecule has 3 heteroatoms. The molecular formula is C13H17NO2. The second-order valence-electron chi connectivity index (χ2n) is 4.29. The minimum atomic E-state index is -0.839. The lowest BCUT2D eigenvalue weighted by Gasteiger charge is -2.25. The van der Waals surface area contributed by atoms with Gasteiger partial charge in [-0.25, -0.2) is 4.79 Å². The number of carbonyl (C=O) groups is 1. The van der Waals surface area contributed by atoms with Crippen LogP contribution in [0.25, 0.3) is 0 Å². The third-order valence-electron chi connectivity index (χ3n) is 3.17. The second-order valence-corrected chi connectivity index (χ2v) is 4.29. The smallest absolute Gasteiger partial charge is 0.335 e. The molecule has 0 saturated heterocycles. The van der Waals surface area contributed by atoms with Gasteiger partial charge in [0, 0.05) is 6.04 Å². The van der Waals surface area contributed by atoms with E-state index in [-0.39, 0.29) is 0 Å². The van der Waals surface area contributed by atoms with Crippen molar-refractivity contribution in [3.8, 4) is 0 Å². The average Bonchev–Trinajstić information content (AvgIpc) is 2.28. The van der Waals surface area contributed by atoms with Crippen LogP contribution >= 0.6 is 0 Å². The summed E-state index contributed by atoms with van der Waals surface area (Å²) >= 11 is 0. The number of carboxylic acid groups (broad SMARTS) is 1. The van der Waals surface area contributed by atoms with Crippen molar-refractivity contribution in [3.05, 3.63) is 34.9 Å². The van der Waals surface area contributed by atoms with E-state index in [4.69, 9.17) is 5.11 Å². The van der Waals surface area contributed by atoms with E-state index in [0.29, 0.717) is 11.6 Å². The highest BCUT2D eigenvalue weighted by Gasteiger charge is 2.18. The third-order valence-corrected chi connectivity index (χ3v) is 3.17. The van der Waals surface area contributed by atoms with Crippen molar-refractivity contribution < 1.29 is 9.90 Å². The lowest BCUT2D eigenvalue weighted by Crippen LogP contribution is -2.34. The van der Waals surface area contributed by atoms with Crippen LogP contribution in [0.5, 0.6) is 0 Å². The van der Waals surface area contributed by atoms with Gasteiger partial charge in [-0.15, -0.1) is 0 Å². The Kier molecular flexibility index (Phi) is 3.25. The molecule has 1 atom stereocenters. The zero-order valence-electron chi connectivity index (χ0n) is 9.49. The normalized spacial score (nSPS) is 19.2.